The summed E-state index contributed by atoms with van der Waals surface area (Å²) in [6, 6.07) is 21.0. The van der Waals surface area contributed by atoms with Crippen molar-refractivity contribution in [3.8, 4) is 17.3 Å². The van der Waals surface area contributed by atoms with Crippen molar-refractivity contribution in [2.45, 2.75) is 11.2 Å². The average molecular weight is 433 g/mol. The summed E-state index contributed by atoms with van der Waals surface area (Å²) >= 11 is 1.35. The molecule has 0 N–H and O–H groups in total. The van der Waals surface area contributed by atoms with E-state index in [1.165, 1.54) is 11.8 Å². The molecule has 0 saturated heterocycles. The number of aromatic nitrogens is 3. The van der Waals surface area contributed by atoms with Gasteiger partial charge < -0.3 is 13.7 Å². The predicted molar refractivity (Wildman–Crippen MR) is 118 cm³/mol. The molecule has 4 aromatic rings. The van der Waals surface area contributed by atoms with Crippen LogP contribution in [0.1, 0.15) is 11.6 Å². The number of hydrogen-bond donors (Lipinski definition) is 0. The molecule has 0 bridgehead atoms. The Bertz CT molecular complexity index is 1190. The molecule has 0 fully saturated rings. The second-order valence-electron chi connectivity index (χ2n) is 7.10. The largest absolute Gasteiger partial charge is 0.489 e. The number of furan rings is 1. The second-order valence-corrected chi connectivity index (χ2v) is 8.04. The molecule has 2 aromatic carbocycles. The Hall–Kier alpha value is -3.52. The molecule has 0 unspecified atom stereocenters. The Morgan fingerprint density at radius 3 is 2.68 bits per heavy atom. The monoisotopic (exact) mass is 432 g/mol. The third-order valence-electron chi connectivity index (χ3n) is 5.19. The van der Waals surface area contributed by atoms with Gasteiger partial charge in [-0.2, -0.15) is 0 Å². The van der Waals surface area contributed by atoms with E-state index in [0.717, 1.165) is 11.3 Å². The first kappa shape index (κ1) is 19.4. The van der Waals surface area contributed by atoms with Crippen LogP contribution in [0.15, 0.2) is 82.6 Å². The van der Waals surface area contributed by atoms with Crippen LogP contribution in [-0.2, 0) is 11.8 Å². The topological polar surface area (TPSA) is 73.4 Å². The number of anilines is 1. The molecule has 0 spiro atoms. The van der Waals surface area contributed by atoms with Crippen molar-refractivity contribution in [1.29, 1.82) is 0 Å². The number of fused-ring (bicyclic) bond motifs is 1. The lowest BCUT2D eigenvalue weighted by Gasteiger charge is -2.37. The minimum atomic E-state index is -0.192. The highest BCUT2D eigenvalue weighted by Crippen LogP contribution is 2.39. The van der Waals surface area contributed by atoms with Crippen LogP contribution < -0.4 is 9.64 Å². The Kier molecular flexibility index (Phi) is 5.21. The predicted octanol–water partition coefficient (Wildman–Crippen LogP) is 4.33. The van der Waals surface area contributed by atoms with Crippen LogP contribution in [0.4, 0.5) is 5.69 Å². The summed E-state index contributed by atoms with van der Waals surface area (Å²) in [5, 5.41) is 9.08. The standard InChI is InChI=1S/C23H20N4O3S/c1-26-22(20-12-7-13-29-20)24-25-23(26)31-15-21(28)27-17-10-5-6-11-19(17)30-14-18(27)16-8-3-2-4-9-16/h2-13,18H,14-15H2,1H3/t18-/m1/s1. The number of thioether (sulfide) groups is 1. The molecule has 1 aliphatic heterocycles. The van der Waals surface area contributed by atoms with Crippen molar-refractivity contribution < 1.29 is 13.9 Å². The quantitative estimate of drug-likeness (QED) is 0.437. The molecule has 0 radical (unpaired) electrons. The van der Waals surface area contributed by atoms with Crippen molar-refractivity contribution >= 4 is 23.4 Å². The maximum atomic E-state index is 13.4. The smallest absolute Gasteiger partial charge is 0.238 e. The van der Waals surface area contributed by atoms with Gasteiger partial charge >= 0.3 is 0 Å². The van der Waals surface area contributed by atoms with Gasteiger partial charge in [0.05, 0.1) is 23.7 Å². The molecule has 7 nitrogen and oxygen atoms in total. The number of para-hydroxylation sites is 2. The van der Waals surface area contributed by atoms with E-state index in [2.05, 4.69) is 10.2 Å². The van der Waals surface area contributed by atoms with Crippen molar-refractivity contribution in [1.82, 2.24) is 14.8 Å². The van der Waals surface area contributed by atoms with E-state index in [0.29, 0.717) is 29.1 Å². The van der Waals surface area contributed by atoms with Gasteiger partial charge in [0.1, 0.15) is 12.4 Å². The van der Waals surface area contributed by atoms with Crippen LogP contribution in [0.3, 0.4) is 0 Å². The number of hydrogen-bond acceptors (Lipinski definition) is 6. The highest BCUT2D eigenvalue weighted by molar-refractivity contribution is 7.99. The second kappa shape index (κ2) is 8.31. The van der Waals surface area contributed by atoms with Gasteiger partial charge in [0.25, 0.3) is 0 Å². The van der Waals surface area contributed by atoms with Crippen molar-refractivity contribution in [2.75, 3.05) is 17.3 Å². The number of ether oxygens (including phenoxy) is 1. The van der Waals surface area contributed by atoms with Gasteiger partial charge in [0.15, 0.2) is 16.7 Å². The first-order chi connectivity index (χ1) is 15.2. The molecule has 2 aromatic heterocycles. The Morgan fingerprint density at radius 1 is 1.06 bits per heavy atom. The van der Waals surface area contributed by atoms with Crippen molar-refractivity contribution in [3.63, 3.8) is 0 Å². The molecular formula is C23H20N4O3S. The number of carbonyl (C=O) groups excluding carboxylic acids is 1. The molecule has 8 heteroatoms. The Balaban J connectivity index is 1.40. The highest BCUT2D eigenvalue weighted by atomic mass is 32.2. The van der Waals surface area contributed by atoms with E-state index in [4.69, 9.17) is 9.15 Å². The SMILES string of the molecule is Cn1c(SCC(=O)N2c3ccccc3OC[C@@H]2c2ccccc2)nnc1-c1ccco1. The molecular weight excluding hydrogens is 412 g/mol. The van der Waals surface area contributed by atoms with Crippen LogP contribution >= 0.6 is 11.8 Å². The van der Waals surface area contributed by atoms with Crippen LogP contribution in [-0.4, -0.2) is 33.0 Å². The van der Waals surface area contributed by atoms with E-state index < -0.39 is 0 Å². The lowest BCUT2D eigenvalue weighted by Crippen LogP contribution is -2.42. The molecule has 1 aliphatic rings. The zero-order chi connectivity index (χ0) is 21.2. The van der Waals surface area contributed by atoms with Gasteiger partial charge in [-0.05, 0) is 29.8 Å². The lowest BCUT2D eigenvalue weighted by molar-refractivity contribution is -0.117. The summed E-state index contributed by atoms with van der Waals surface area (Å²) in [6.07, 6.45) is 1.60. The first-order valence-corrected chi connectivity index (χ1v) is 10.9. The zero-order valence-electron chi connectivity index (χ0n) is 16.8. The molecule has 0 saturated carbocycles. The Labute approximate surface area is 183 Å². The highest BCUT2D eigenvalue weighted by Gasteiger charge is 2.33. The van der Waals surface area contributed by atoms with Gasteiger partial charge in [0.2, 0.25) is 5.91 Å². The zero-order valence-corrected chi connectivity index (χ0v) is 17.7. The maximum absolute atomic E-state index is 13.4. The number of carbonyl (C=O) groups is 1. The number of benzene rings is 2. The summed E-state index contributed by atoms with van der Waals surface area (Å²) in [7, 11) is 1.86. The van der Waals surface area contributed by atoms with E-state index in [9.17, 15) is 4.79 Å². The summed E-state index contributed by atoms with van der Waals surface area (Å²) in [6.45, 7) is 0.407. The molecule has 3 heterocycles. The molecule has 31 heavy (non-hydrogen) atoms. The van der Waals surface area contributed by atoms with Crippen LogP contribution in [0.2, 0.25) is 0 Å². The average Bonchev–Trinajstić information content (AvgIpc) is 3.47. The summed E-state index contributed by atoms with van der Waals surface area (Å²) in [5.74, 6) is 2.18. The number of amides is 1. The Morgan fingerprint density at radius 2 is 1.87 bits per heavy atom. The van der Waals surface area contributed by atoms with E-state index in [1.54, 1.807) is 12.3 Å². The fraction of sp³-hybridized carbons (Fsp3) is 0.174. The van der Waals surface area contributed by atoms with Gasteiger partial charge in [-0.25, -0.2) is 0 Å². The molecule has 156 valence electrons. The van der Waals surface area contributed by atoms with E-state index >= 15 is 0 Å². The van der Waals surface area contributed by atoms with Crippen molar-refractivity contribution in [2.24, 2.45) is 7.05 Å². The normalized spacial score (nSPS) is 15.4. The molecule has 1 atom stereocenters. The number of rotatable bonds is 5. The third kappa shape index (κ3) is 3.70. The fourth-order valence-electron chi connectivity index (χ4n) is 3.67. The molecule has 0 aliphatic carbocycles. The molecule has 5 rings (SSSR count). The number of nitrogens with zero attached hydrogens (tertiary/aromatic N) is 4. The van der Waals surface area contributed by atoms with Crippen LogP contribution in [0.25, 0.3) is 11.6 Å². The fourth-order valence-corrected chi connectivity index (χ4v) is 4.45. The lowest BCUT2D eigenvalue weighted by atomic mass is 10.0. The van der Waals surface area contributed by atoms with Crippen LogP contribution in [0.5, 0.6) is 5.75 Å². The van der Waals surface area contributed by atoms with Gasteiger partial charge in [-0.3, -0.25) is 9.69 Å². The minimum absolute atomic E-state index is 0.0165. The van der Waals surface area contributed by atoms with E-state index in [-0.39, 0.29) is 17.7 Å². The molecule has 1 amide bonds. The summed E-state index contributed by atoms with van der Waals surface area (Å²) in [4.78, 5) is 15.3. The minimum Gasteiger partial charge on any atom is -0.489 e. The summed E-state index contributed by atoms with van der Waals surface area (Å²) in [5.41, 5.74) is 1.82. The van der Waals surface area contributed by atoms with Gasteiger partial charge in [-0.15, -0.1) is 10.2 Å². The van der Waals surface area contributed by atoms with Crippen molar-refractivity contribution in [3.05, 3.63) is 78.6 Å². The van der Waals surface area contributed by atoms with E-state index in [1.807, 2.05) is 77.2 Å². The van der Waals surface area contributed by atoms with Crippen LogP contribution in [0, 0.1) is 0 Å². The van der Waals surface area contributed by atoms with Gasteiger partial charge in [0, 0.05) is 7.05 Å². The maximum Gasteiger partial charge on any atom is 0.238 e. The summed E-state index contributed by atoms with van der Waals surface area (Å²) < 4.78 is 13.2. The third-order valence-corrected chi connectivity index (χ3v) is 6.19. The van der Waals surface area contributed by atoms with Gasteiger partial charge in [-0.1, -0.05) is 54.2 Å². The first-order valence-electron chi connectivity index (χ1n) is 9.87.